The van der Waals surface area contributed by atoms with E-state index >= 15 is 0 Å². The van der Waals surface area contributed by atoms with Crippen LogP contribution < -0.4 is 0 Å². The number of ketones is 4. The molecule has 2 aromatic rings. The molecular formula is C40H48O9. The van der Waals surface area contributed by atoms with Gasteiger partial charge in [0.25, 0.3) is 0 Å². The van der Waals surface area contributed by atoms with Crippen molar-refractivity contribution in [3.8, 4) is 5.75 Å². The van der Waals surface area contributed by atoms with Crippen molar-refractivity contribution in [3.63, 3.8) is 0 Å². The van der Waals surface area contributed by atoms with E-state index in [-0.39, 0.29) is 35.2 Å². The predicted octanol–water partition coefficient (Wildman–Crippen LogP) is 5.68. The summed E-state index contributed by atoms with van der Waals surface area (Å²) < 4.78 is 0. The Kier molecular flexibility index (Phi) is 8.49. The molecule has 0 aromatic heterocycles. The van der Waals surface area contributed by atoms with E-state index in [1.807, 2.05) is 19.1 Å². The highest BCUT2D eigenvalue weighted by Gasteiger charge is 2.77. The highest BCUT2D eigenvalue weighted by atomic mass is 16.4. The quantitative estimate of drug-likeness (QED) is 0.242. The topological polar surface area (TPSA) is 169 Å². The smallest absolute Gasteiger partial charge is 0.203 e. The van der Waals surface area contributed by atoms with Gasteiger partial charge in [-0.25, -0.2) is 0 Å². The molecule has 1 fully saturated rings. The second kappa shape index (κ2) is 11.5. The van der Waals surface area contributed by atoms with E-state index in [9.17, 15) is 44.7 Å². The van der Waals surface area contributed by atoms with Crippen LogP contribution in [0.3, 0.4) is 0 Å². The average Bonchev–Trinajstić information content (AvgIpc) is 2.98. The highest BCUT2D eigenvalue weighted by Crippen LogP contribution is 2.67. The number of benzene rings is 2. The summed E-state index contributed by atoms with van der Waals surface area (Å²) in [6.07, 6.45) is -1.77. The van der Waals surface area contributed by atoms with E-state index < -0.39 is 86.1 Å². The lowest BCUT2D eigenvalue weighted by Gasteiger charge is -2.63. The van der Waals surface area contributed by atoms with Crippen molar-refractivity contribution in [2.45, 2.75) is 105 Å². The van der Waals surface area contributed by atoms with Crippen molar-refractivity contribution in [1.82, 2.24) is 0 Å². The Balaban J connectivity index is 1.66. The number of aromatic hydroxyl groups is 1. The lowest BCUT2D eigenvalue weighted by atomic mass is 9.40. The number of allylic oxidation sites excluding steroid dienone is 1. The van der Waals surface area contributed by atoms with Gasteiger partial charge in [0.1, 0.15) is 28.6 Å². The summed E-state index contributed by atoms with van der Waals surface area (Å²) in [6, 6.07) is 9.18. The summed E-state index contributed by atoms with van der Waals surface area (Å²) >= 11 is 0. The third kappa shape index (κ3) is 4.79. The molecule has 0 bridgehead atoms. The van der Waals surface area contributed by atoms with E-state index in [0.29, 0.717) is 5.56 Å². The van der Waals surface area contributed by atoms with Crippen LogP contribution in [0.2, 0.25) is 0 Å². The number of hydrogen-bond donors (Lipinski definition) is 5. The summed E-state index contributed by atoms with van der Waals surface area (Å²) in [5.74, 6) is -7.90. The van der Waals surface area contributed by atoms with Crippen LogP contribution >= 0.6 is 0 Å². The summed E-state index contributed by atoms with van der Waals surface area (Å²) in [6.45, 7) is 17.2. The van der Waals surface area contributed by atoms with Gasteiger partial charge in [-0.15, -0.1) is 0 Å². The van der Waals surface area contributed by atoms with Crippen LogP contribution in [0.25, 0.3) is 5.76 Å². The van der Waals surface area contributed by atoms with Crippen LogP contribution in [0.15, 0.2) is 47.2 Å². The van der Waals surface area contributed by atoms with Gasteiger partial charge in [-0.3, -0.25) is 19.2 Å². The van der Waals surface area contributed by atoms with Gasteiger partial charge in [0.2, 0.25) is 5.78 Å². The Hall–Kier alpha value is -4.08. The monoisotopic (exact) mass is 672 g/mol. The fourth-order valence-corrected chi connectivity index (χ4v) is 9.14. The zero-order valence-electron chi connectivity index (χ0n) is 30.0. The molecule has 5 N–H and O–H groups in total. The molecule has 2 aromatic carbocycles. The molecule has 0 amide bonds. The van der Waals surface area contributed by atoms with Gasteiger partial charge in [0.15, 0.2) is 17.2 Å². The zero-order valence-corrected chi connectivity index (χ0v) is 30.0. The molecule has 0 heterocycles. The molecule has 3 aliphatic rings. The number of hydrogen-bond acceptors (Lipinski definition) is 9. The number of fused-ring (bicyclic) bond motifs is 3. The lowest BCUT2D eigenvalue weighted by molar-refractivity contribution is -0.215. The van der Waals surface area contributed by atoms with Crippen molar-refractivity contribution < 1.29 is 44.7 Å². The summed E-state index contributed by atoms with van der Waals surface area (Å²) in [4.78, 5) is 54.5. The summed E-state index contributed by atoms with van der Waals surface area (Å²) in [7, 11) is 0. The summed E-state index contributed by atoms with van der Waals surface area (Å²) in [5, 5.41) is 59.6. The standard InChI is InChI=1S/C40H48O9/c1-18(2)29-32(44)27(21(5)41)34(46)40(49)35(47)30-33(45)28-25(20(4)38(30,9)36(48)39(29,40)10)14-13-23(31(28)43)17-24(42)16-22-12-11-19(3)15-26(22)37(6,7)8/h11-15,18,20,29,36,43,45-46,48-49H,16-17H2,1-10H3/t20-,29?,36-,38+,39+,40+/m1/s1. The van der Waals surface area contributed by atoms with E-state index in [0.717, 1.165) is 23.6 Å². The van der Waals surface area contributed by atoms with Gasteiger partial charge in [-0.05, 0) is 47.8 Å². The Morgan fingerprint density at radius 2 is 1.53 bits per heavy atom. The number of carbonyl (C=O) groups is 4. The number of Topliss-reactive ketones (excluding diaryl/α,β-unsaturated/α-hetero) is 4. The minimum atomic E-state index is -2.96. The van der Waals surface area contributed by atoms with Crippen LogP contribution in [0, 0.1) is 29.6 Å². The molecule has 9 nitrogen and oxygen atoms in total. The van der Waals surface area contributed by atoms with Gasteiger partial charge in [0.05, 0.1) is 17.2 Å². The minimum absolute atomic E-state index is 0.112. The van der Waals surface area contributed by atoms with Gasteiger partial charge < -0.3 is 25.5 Å². The van der Waals surface area contributed by atoms with Crippen molar-refractivity contribution in [1.29, 1.82) is 0 Å². The first-order valence-corrected chi connectivity index (χ1v) is 16.8. The van der Waals surface area contributed by atoms with Gasteiger partial charge in [-0.1, -0.05) is 91.3 Å². The second-order valence-electron chi connectivity index (χ2n) is 16.2. The third-order valence-corrected chi connectivity index (χ3v) is 11.8. The summed E-state index contributed by atoms with van der Waals surface area (Å²) in [5.41, 5.74) is -4.49. The van der Waals surface area contributed by atoms with Crippen LogP contribution in [0.1, 0.15) is 102 Å². The van der Waals surface area contributed by atoms with Crippen molar-refractivity contribution in [2.75, 3.05) is 0 Å². The first-order valence-electron chi connectivity index (χ1n) is 16.8. The van der Waals surface area contributed by atoms with Crippen molar-refractivity contribution in [2.24, 2.45) is 22.7 Å². The molecule has 0 aliphatic heterocycles. The average molecular weight is 673 g/mol. The van der Waals surface area contributed by atoms with Gasteiger partial charge in [-0.2, -0.15) is 0 Å². The maximum atomic E-state index is 14.7. The molecule has 49 heavy (non-hydrogen) atoms. The van der Waals surface area contributed by atoms with Crippen LogP contribution in [-0.2, 0) is 37.4 Å². The number of rotatable bonds is 6. The molecular weight excluding hydrogens is 624 g/mol. The Morgan fingerprint density at radius 1 is 0.959 bits per heavy atom. The highest BCUT2D eigenvalue weighted by molar-refractivity contribution is 6.24. The van der Waals surface area contributed by atoms with E-state index in [4.69, 9.17) is 0 Å². The lowest BCUT2D eigenvalue weighted by Crippen LogP contribution is -2.75. The number of aryl methyl sites for hydroxylation is 1. The Labute approximate surface area is 287 Å². The molecule has 262 valence electrons. The predicted molar refractivity (Wildman–Crippen MR) is 184 cm³/mol. The molecule has 1 saturated carbocycles. The van der Waals surface area contributed by atoms with Crippen LogP contribution in [-0.4, -0.2) is 60.4 Å². The minimum Gasteiger partial charge on any atom is -0.508 e. The number of carbonyl (C=O) groups excluding carboxylic acids is 4. The van der Waals surface area contributed by atoms with Crippen molar-refractivity contribution >= 4 is 28.9 Å². The molecule has 0 saturated heterocycles. The molecule has 6 atom stereocenters. The van der Waals surface area contributed by atoms with Gasteiger partial charge in [0, 0.05) is 35.2 Å². The third-order valence-electron chi connectivity index (χ3n) is 11.8. The molecule has 3 aliphatic carbocycles. The second-order valence-corrected chi connectivity index (χ2v) is 16.2. The zero-order chi connectivity index (χ0) is 36.9. The number of aliphatic hydroxyl groups excluding tert-OH is 3. The SMILES string of the molecule is CC(=O)C1=C(O)[C@]2(O)C(=O)C3=C(O)c4c(ccc(CC(=O)Cc5ccc(C)cc5C(C)(C)C)c4O)[C@@H](C)[C@]3(C)[C@@H](O)[C@]2(C)C(C(C)C)C1=O. The fraction of sp³-hybridized carbons (Fsp3) is 0.500. The molecule has 1 unspecified atom stereocenters. The fourth-order valence-electron chi connectivity index (χ4n) is 9.14. The molecule has 0 radical (unpaired) electrons. The number of phenols is 1. The van der Waals surface area contributed by atoms with Gasteiger partial charge >= 0.3 is 0 Å². The van der Waals surface area contributed by atoms with Crippen LogP contribution in [0.4, 0.5) is 0 Å². The van der Waals surface area contributed by atoms with Crippen LogP contribution in [0.5, 0.6) is 5.75 Å². The molecule has 9 heteroatoms. The maximum Gasteiger partial charge on any atom is 0.203 e. The largest absolute Gasteiger partial charge is 0.508 e. The van der Waals surface area contributed by atoms with E-state index in [1.165, 1.54) is 6.92 Å². The Morgan fingerprint density at radius 3 is 2.08 bits per heavy atom. The van der Waals surface area contributed by atoms with Crippen molar-refractivity contribution in [3.05, 3.63) is 80.6 Å². The molecule has 0 spiro atoms. The van der Waals surface area contributed by atoms with E-state index in [1.54, 1.807) is 39.8 Å². The number of aliphatic hydroxyl groups is 4. The Bertz CT molecular complexity index is 1890. The normalized spacial score (nSPS) is 29.9. The number of phenolic OH excluding ortho intramolecular Hbond substituents is 1. The first-order chi connectivity index (χ1) is 22.5. The maximum absolute atomic E-state index is 14.7. The first kappa shape index (κ1) is 36.2. The van der Waals surface area contributed by atoms with E-state index in [2.05, 4.69) is 26.8 Å². The molecule has 5 rings (SSSR count).